The number of hydrogen-bond donors (Lipinski definition) is 1. The Balaban J connectivity index is 1.77. The van der Waals surface area contributed by atoms with Crippen LogP contribution in [-0.2, 0) is 5.54 Å². The maximum Gasteiger partial charge on any atom is 0.324 e. The molecule has 2 aliphatic rings. The number of rotatable bonds is 3. The van der Waals surface area contributed by atoms with E-state index in [4.69, 9.17) is 5.73 Å². The van der Waals surface area contributed by atoms with E-state index in [1.807, 2.05) is 21.9 Å². The summed E-state index contributed by atoms with van der Waals surface area (Å²) in [5.74, 6) is 0. The van der Waals surface area contributed by atoms with Gasteiger partial charge in [0.2, 0.25) is 0 Å². The fourth-order valence-corrected chi connectivity index (χ4v) is 3.54. The Hall–Kier alpha value is -1.55. The average molecular weight is 287 g/mol. The molecule has 0 bridgehead atoms. The van der Waals surface area contributed by atoms with Gasteiger partial charge in [-0.15, -0.1) is 0 Å². The molecule has 0 aromatic heterocycles. The molecule has 2 amide bonds. The first-order valence-electron chi connectivity index (χ1n) is 7.99. The van der Waals surface area contributed by atoms with Crippen molar-refractivity contribution < 1.29 is 4.79 Å². The summed E-state index contributed by atoms with van der Waals surface area (Å²) in [5, 5.41) is 0. The van der Waals surface area contributed by atoms with E-state index < -0.39 is 0 Å². The molecule has 1 aliphatic carbocycles. The molecule has 0 spiro atoms. The van der Waals surface area contributed by atoms with Gasteiger partial charge in [-0.3, -0.25) is 4.90 Å². The van der Waals surface area contributed by atoms with Gasteiger partial charge in [-0.2, -0.15) is 0 Å². The molecule has 1 aromatic carbocycles. The number of benzene rings is 1. The van der Waals surface area contributed by atoms with Gasteiger partial charge < -0.3 is 10.6 Å². The molecule has 0 radical (unpaired) electrons. The maximum absolute atomic E-state index is 12.4. The highest BCUT2D eigenvalue weighted by molar-refractivity contribution is 5.94. The average Bonchev–Trinajstić information content (AvgIpc) is 3.06. The Morgan fingerprint density at radius 2 is 1.71 bits per heavy atom. The van der Waals surface area contributed by atoms with E-state index in [0.29, 0.717) is 0 Å². The molecule has 2 N–H and O–H groups in total. The molecular weight excluding hydrogens is 262 g/mol. The summed E-state index contributed by atoms with van der Waals surface area (Å²) < 4.78 is 0. The van der Waals surface area contributed by atoms with Gasteiger partial charge in [-0.05, 0) is 44.4 Å². The number of carbonyl (C=O) groups excluding carboxylic acids is 1. The van der Waals surface area contributed by atoms with Crippen LogP contribution < -0.4 is 10.6 Å². The Kier molecular flexibility index (Phi) is 3.66. The summed E-state index contributed by atoms with van der Waals surface area (Å²) in [6.07, 6.45) is 4.56. The van der Waals surface area contributed by atoms with Crippen molar-refractivity contribution in [3.05, 3.63) is 29.8 Å². The molecule has 1 aliphatic heterocycles. The van der Waals surface area contributed by atoms with Gasteiger partial charge in [0.05, 0.1) is 0 Å². The van der Waals surface area contributed by atoms with Gasteiger partial charge in [0.25, 0.3) is 0 Å². The molecule has 21 heavy (non-hydrogen) atoms. The molecule has 0 atom stereocenters. The van der Waals surface area contributed by atoms with E-state index in [0.717, 1.165) is 31.6 Å². The topological polar surface area (TPSA) is 49.6 Å². The van der Waals surface area contributed by atoms with Gasteiger partial charge in [-0.1, -0.05) is 25.0 Å². The smallest absolute Gasteiger partial charge is 0.321 e. The van der Waals surface area contributed by atoms with Crippen LogP contribution in [0.4, 0.5) is 10.5 Å². The van der Waals surface area contributed by atoms with Crippen LogP contribution in [0.3, 0.4) is 0 Å². The van der Waals surface area contributed by atoms with Crippen LogP contribution >= 0.6 is 0 Å². The maximum atomic E-state index is 12.4. The molecule has 1 heterocycles. The predicted octanol–water partition coefficient (Wildman–Crippen LogP) is 3.07. The van der Waals surface area contributed by atoms with Crippen molar-refractivity contribution in [2.24, 2.45) is 5.73 Å². The number of nitrogens with two attached hydrogens (primary N) is 1. The summed E-state index contributed by atoms with van der Waals surface area (Å²) in [6.45, 7) is 5.69. The van der Waals surface area contributed by atoms with Gasteiger partial charge in [0, 0.05) is 30.4 Å². The second-order valence-corrected chi connectivity index (χ2v) is 6.63. The predicted molar refractivity (Wildman–Crippen MR) is 85.4 cm³/mol. The highest BCUT2D eigenvalue weighted by Gasteiger charge is 2.33. The number of anilines is 1. The largest absolute Gasteiger partial charge is 0.324 e. The minimum atomic E-state index is -0.155. The molecule has 114 valence electrons. The normalized spacial score (nSPS) is 21.6. The first-order chi connectivity index (χ1) is 10.0. The monoisotopic (exact) mass is 287 g/mol. The zero-order valence-electron chi connectivity index (χ0n) is 13.0. The van der Waals surface area contributed by atoms with Crippen molar-refractivity contribution in [1.82, 2.24) is 4.90 Å². The van der Waals surface area contributed by atoms with Gasteiger partial charge >= 0.3 is 6.03 Å². The molecule has 1 saturated carbocycles. The van der Waals surface area contributed by atoms with E-state index in [-0.39, 0.29) is 17.6 Å². The van der Waals surface area contributed by atoms with Gasteiger partial charge in [0.1, 0.15) is 0 Å². The molecule has 2 fully saturated rings. The summed E-state index contributed by atoms with van der Waals surface area (Å²) in [4.78, 5) is 16.2. The zero-order chi connectivity index (χ0) is 15.0. The molecule has 0 unspecified atom stereocenters. The van der Waals surface area contributed by atoms with E-state index in [9.17, 15) is 4.79 Å². The van der Waals surface area contributed by atoms with Crippen molar-refractivity contribution in [2.75, 3.05) is 18.0 Å². The van der Waals surface area contributed by atoms with Gasteiger partial charge in [0.15, 0.2) is 0 Å². The van der Waals surface area contributed by atoms with Crippen molar-refractivity contribution in [1.29, 1.82) is 0 Å². The SMILES string of the molecule is CC(C)N1CCN(c2ccc(C3(N)CCCC3)cc2)C1=O. The number of amides is 2. The third kappa shape index (κ3) is 2.53. The van der Waals surface area contributed by atoms with E-state index >= 15 is 0 Å². The number of carbonyl (C=O) groups is 1. The van der Waals surface area contributed by atoms with E-state index in [2.05, 4.69) is 26.0 Å². The molecule has 3 rings (SSSR count). The van der Waals surface area contributed by atoms with Crippen LogP contribution in [-0.4, -0.2) is 30.1 Å². The van der Waals surface area contributed by atoms with Crippen LogP contribution in [0.2, 0.25) is 0 Å². The second kappa shape index (κ2) is 5.34. The fourth-order valence-electron chi connectivity index (χ4n) is 3.54. The zero-order valence-corrected chi connectivity index (χ0v) is 13.0. The Labute approximate surface area is 126 Å². The Morgan fingerprint density at radius 3 is 2.24 bits per heavy atom. The summed E-state index contributed by atoms with van der Waals surface area (Å²) in [5.41, 5.74) is 8.51. The summed E-state index contributed by atoms with van der Waals surface area (Å²) >= 11 is 0. The minimum Gasteiger partial charge on any atom is -0.321 e. The van der Waals surface area contributed by atoms with E-state index in [1.165, 1.54) is 18.4 Å². The number of urea groups is 1. The molecule has 4 nitrogen and oxygen atoms in total. The van der Waals surface area contributed by atoms with Crippen LogP contribution in [0, 0.1) is 0 Å². The quantitative estimate of drug-likeness (QED) is 0.929. The Morgan fingerprint density at radius 1 is 1.10 bits per heavy atom. The lowest BCUT2D eigenvalue weighted by atomic mass is 9.89. The van der Waals surface area contributed by atoms with Crippen LogP contribution in [0.1, 0.15) is 45.1 Å². The lowest BCUT2D eigenvalue weighted by Crippen LogP contribution is -2.36. The first-order valence-corrected chi connectivity index (χ1v) is 7.99. The molecular formula is C17H25N3O. The van der Waals surface area contributed by atoms with Crippen LogP contribution in [0.15, 0.2) is 24.3 Å². The molecule has 1 saturated heterocycles. The van der Waals surface area contributed by atoms with Crippen molar-refractivity contribution in [3.63, 3.8) is 0 Å². The first kappa shape index (κ1) is 14.4. The number of nitrogens with zero attached hydrogens (tertiary/aromatic N) is 2. The molecule has 1 aromatic rings. The third-order valence-electron chi connectivity index (χ3n) is 4.91. The minimum absolute atomic E-state index is 0.112. The highest BCUT2D eigenvalue weighted by Crippen LogP contribution is 2.37. The van der Waals surface area contributed by atoms with Crippen molar-refractivity contribution >= 4 is 11.7 Å². The summed E-state index contributed by atoms with van der Waals surface area (Å²) in [7, 11) is 0. The highest BCUT2D eigenvalue weighted by atomic mass is 16.2. The van der Waals surface area contributed by atoms with Crippen LogP contribution in [0.25, 0.3) is 0 Å². The van der Waals surface area contributed by atoms with Crippen LogP contribution in [0.5, 0.6) is 0 Å². The van der Waals surface area contributed by atoms with E-state index in [1.54, 1.807) is 0 Å². The van der Waals surface area contributed by atoms with Crippen molar-refractivity contribution in [3.8, 4) is 0 Å². The van der Waals surface area contributed by atoms with Gasteiger partial charge in [-0.25, -0.2) is 4.79 Å². The Bertz CT molecular complexity index is 517. The standard InChI is InChI=1S/C17H25N3O/c1-13(2)19-11-12-20(16(19)21)15-7-5-14(6-8-15)17(18)9-3-4-10-17/h5-8,13H,3-4,9-12,18H2,1-2H3. The lowest BCUT2D eigenvalue weighted by molar-refractivity contribution is 0.209. The second-order valence-electron chi connectivity index (χ2n) is 6.63. The fraction of sp³-hybridized carbons (Fsp3) is 0.588. The molecule has 4 heteroatoms. The third-order valence-corrected chi connectivity index (χ3v) is 4.91. The van der Waals surface area contributed by atoms with Crippen molar-refractivity contribution in [2.45, 2.75) is 51.1 Å². The summed E-state index contributed by atoms with van der Waals surface area (Å²) in [6, 6.07) is 8.67. The lowest BCUT2D eigenvalue weighted by Gasteiger charge is -2.25. The number of hydrogen-bond acceptors (Lipinski definition) is 2.